The van der Waals surface area contributed by atoms with Crippen LogP contribution in [0.3, 0.4) is 0 Å². The SMILES string of the molecule is NC1CCCC(N2CC(=O)Nc3ccccc32)C1. The highest BCUT2D eigenvalue weighted by Gasteiger charge is 2.30. The first kappa shape index (κ1) is 11.5. The highest BCUT2D eigenvalue weighted by Crippen LogP contribution is 2.34. The minimum Gasteiger partial charge on any atom is -0.357 e. The van der Waals surface area contributed by atoms with E-state index in [-0.39, 0.29) is 11.9 Å². The summed E-state index contributed by atoms with van der Waals surface area (Å²) in [6.45, 7) is 0.453. The average molecular weight is 245 g/mol. The van der Waals surface area contributed by atoms with Gasteiger partial charge in [0.25, 0.3) is 0 Å². The van der Waals surface area contributed by atoms with Gasteiger partial charge >= 0.3 is 0 Å². The fourth-order valence-electron chi connectivity index (χ4n) is 3.07. The van der Waals surface area contributed by atoms with Crippen molar-refractivity contribution in [2.75, 3.05) is 16.8 Å². The summed E-state index contributed by atoms with van der Waals surface area (Å²) < 4.78 is 0. The van der Waals surface area contributed by atoms with Crippen LogP contribution in [-0.2, 0) is 4.79 Å². The van der Waals surface area contributed by atoms with Gasteiger partial charge in [-0.1, -0.05) is 12.1 Å². The molecule has 4 nitrogen and oxygen atoms in total. The van der Waals surface area contributed by atoms with E-state index in [9.17, 15) is 4.79 Å². The molecule has 0 saturated heterocycles. The summed E-state index contributed by atoms with van der Waals surface area (Å²) in [5.41, 5.74) is 8.12. The molecule has 0 radical (unpaired) electrons. The van der Waals surface area contributed by atoms with E-state index in [0.717, 1.165) is 37.1 Å². The number of carbonyl (C=O) groups excluding carboxylic acids is 1. The zero-order valence-electron chi connectivity index (χ0n) is 10.4. The van der Waals surface area contributed by atoms with Gasteiger partial charge in [-0.25, -0.2) is 0 Å². The molecule has 1 aromatic carbocycles. The molecule has 0 spiro atoms. The van der Waals surface area contributed by atoms with Gasteiger partial charge in [0.2, 0.25) is 5.91 Å². The molecule has 96 valence electrons. The number of nitrogens with zero attached hydrogens (tertiary/aromatic N) is 1. The third-order valence-corrected chi connectivity index (χ3v) is 3.93. The Morgan fingerprint density at radius 2 is 2.11 bits per heavy atom. The number of amides is 1. The topological polar surface area (TPSA) is 58.4 Å². The summed E-state index contributed by atoms with van der Waals surface area (Å²) in [6.07, 6.45) is 4.39. The van der Waals surface area contributed by atoms with Crippen molar-refractivity contribution in [2.24, 2.45) is 5.73 Å². The highest BCUT2D eigenvalue weighted by molar-refractivity contribution is 6.01. The summed E-state index contributed by atoms with van der Waals surface area (Å²) in [5, 5.41) is 2.93. The van der Waals surface area contributed by atoms with Crippen molar-refractivity contribution in [3.8, 4) is 0 Å². The van der Waals surface area contributed by atoms with Crippen molar-refractivity contribution in [1.29, 1.82) is 0 Å². The van der Waals surface area contributed by atoms with E-state index in [2.05, 4.69) is 16.3 Å². The molecule has 1 aliphatic heterocycles. The van der Waals surface area contributed by atoms with Gasteiger partial charge in [-0.15, -0.1) is 0 Å². The fourth-order valence-corrected chi connectivity index (χ4v) is 3.07. The van der Waals surface area contributed by atoms with Crippen LogP contribution < -0.4 is 16.0 Å². The van der Waals surface area contributed by atoms with E-state index in [4.69, 9.17) is 5.73 Å². The van der Waals surface area contributed by atoms with E-state index in [1.807, 2.05) is 18.2 Å². The lowest BCUT2D eigenvalue weighted by molar-refractivity contribution is -0.115. The molecular weight excluding hydrogens is 226 g/mol. The molecule has 1 fully saturated rings. The normalized spacial score (nSPS) is 27.6. The average Bonchev–Trinajstić information content (AvgIpc) is 2.37. The maximum Gasteiger partial charge on any atom is 0.243 e. The van der Waals surface area contributed by atoms with Gasteiger partial charge in [0.1, 0.15) is 0 Å². The summed E-state index contributed by atoms with van der Waals surface area (Å²) in [4.78, 5) is 14.0. The summed E-state index contributed by atoms with van der Waals surface area (Å²) in [5.74, 6) is 0.0767. The van der Waals surface area contributed by atoms with E-state index in [1.165, 1.54) is 0 Å². The quantitative estimate of drug-likeness (QED) is 0.792. The Labute approximate surface area is 107 Å². The molecular formula is C14H19N3O. The summed E-state index contributed by atoms with van der Waals surface area (Å²) in [6, 6.07) is 8.69. The van der Waals surface area contributed by atoms with Crippen LogP contribution in [0.1, 0.15) is 25.7 Å². The molecule has 1 aromatic rings. The second-order valence-electron chi connectivity index (χ2n) is 5.27. The molecule has 18 heavy (non-hydrogen) atoms. The van der Waals surface area contributed by atoms with Crippen LogP contribution >= 0.6 is 0 Å². The third kappa shape index (κ3) is 2.08. The van der Waals surface area contributed by atoms with Gasteiger partial charge in [0, 0.05) is 12.1 Å². The molecule has 1 saturated carbocycles. The van der Waals surface area contributed by atoms with Crippen LogP contribution in [0.4, 0.5) is 11.4 Å². The largest absolute Gasteiger partial charge is 0.357 e. The fraction of sp³-hybridized carbons (Fsp3) is 0.500. The maximum atomic E-state index is 11.8. The van der Waals surface area contributed by atoms with Crippen molar-refractivity contribution in [1.82, 2.24) is 0 Å². The van der Waals surface area contributed by atoms with Crippen LogP contribution in [0.15, 0.2) is 24.3 Å². The first-order valence-electron chi connectivity index (χ1n) is 6.65. The Morgan fingerprint density at radius 1 is 1.28 bits per heavy atom. The lowest BCUT2D eigenvalue weighted by Gasteiger charge is -2.40. The minimum absolute atomic E-state index is 0.0767. The molecule has 0 bridgehead atoms. The smallest absolute Gasteiger partial charge is 0.243 e. The Kier molecular flexibility index (Phi) is 2.96. The lowest BCUT2D eigenvalue weighted by Crippen LogP contribution is -2.48. The lowest BCUT2D eigenvalue weighted by atomic mass is 9.89. The molecule has 1 amide bonds. The second kappa shape index (κ2) is 4.61. The monoisotopic (exact) mass is 245 g/mol. The van der Waals surface area contributed by atoms with Crippen molar-refractivity contribution in [3.05, 3.63) is 24.3 Å². The van der Waals surface area contributed by atoms with Crippen molar-refractivity contribution >= 4 is 17.3 Å². The number of nitrogens with one attached hydrogen (secondary N) is 1. The standard InChI is InChI=1S/C14H19N3O/c15-10-4-3-5-11(8-10)17-9-14(18)16-12-6-1-2-7-13(12)17/h1-2,6-7,10-11H,3-5,8-9,15H2,(H,16,18). The molecule has 3 rings (SSSR count). The molecule has 3 N–H and O–H groups in total. The van der Waals surface area contributed by atoms with Gasteiger partial charge < -0.3 is 16.0 Å². The van der Waals surface area contributed by atoms with Gasteiger partial charge in [-0.3, -0.25) is 4.79 Å². The Morgan fingerprint density at radius 3 is 2.94 bits per heavy atom. The molecule has 2 atom stereocenters. The number of nitrogens with two attached hydrogens (primary N) is 1. The van der Waals surface area contributed by atoms with Crippen LogP contribution in [-0.4, -0.2) is 24.5 Å². The van der Waals surface area contributed by atoms with Gasteiger partial charge in [-0.05, 0) is 37.8 Å². The zero-order chi connectivity index (χ0) is 12.5. The van der Waals surface area contributed by atoms with Crippen molar-refractivity contribution in [2.45, 2.75) is 37.8 Å². The Hall–Kier alpha value is -1.55. The van der Waals surface area contributed by atoms with Crippen LogP contribution in [0, 0.1) is 0 Å². The number of fused-ring (bicyclic) bond motifs is 1. The van der Waals surface area contributed by atoms with Gasteiger partial charge in [0.15, 0.2) is 0 Å². The van der Waals surface area contributed by atoms with E-state index in [0.29, 0.717) is 12.6 Å². The van der Waals surface area contributed by atoms with Crippen molar-refractivity contribution < 1.29 is 4.79 Å². The van der Waals surface area contributed by atoms with E-state index in [1.54, 1.807) is 0 Å². The number of benzene rings is 1. The number of para-hydroxylation sites is 2. The number of hydrogen-bond donors (Lipinski definition) is 2. The van der Waals surface area contributed by atoms with Crippen LogP contribution in [0.25, 0.3) is 0 Å². The number of rotatable bonds is 1. The molecule has 1 aliphatic carbocycles. The van der Waals surface area contributed by atoms with E-state index >= 15 is 0 Å². The molecule has 2 aliphatic rings. The third-order valence-electron chi connectivity index (χ3n) is 3.93. The molecule has 2 unspecified atom stereocenters. The predicted octanol–water partition coefficient (Wildman–Crippen LogP) is 1.71. The molecule has 0 aromatic heterocycles. The number of hydrogen-bond acceptors (Lipinski definition) is 3. The first-order valence-corrected chi connectivity index (χ1v) is 6.65. The minimum atomic E-state index is 0.0767. The molecule has 4 heteroatoms. The van der Waals surface area contributed by atoms with Crippen LogP contribution in [0.2, 0.25) is 0 Å². The van der Waals surface area contributed by atoms with Crippen LogP contribution in [0.5, 0.6) is 0 Å². The number of anilines is 2. The predicted molar refractivity (Wildman–Crippen MR) is 72.6 cm³/mol. The first-order chi connectivity index (χ1) is 8.74. The van der Waals surface area contributed by atoms with Gasteiger partial charge in [-0.2, -0.15) is 0 Å². The van der Waals surface area contributed by atoms with E-state index < -0.39 is 0 Å². The highest BCUT2D eigenvalue weighted by atomic mass is 16.2. The second-order valence-corrected chi connectivity index (χ2v) is 5.27. The van der Waals surface area contributed by atoms with Gasteiger partial charge in [0.05, 0.1) is 17.9 Å². The Bertz CT molecular complexity index is 460. The Balaban J connectivity index is 1.89. The summed E-state index contributed by atoms with van der Waals surface area (Å²) >= 11 is 0. The maximum absolute atomic E-state index is 11.8. The zero-order valence-corrected chi connectivity index (χ0v) is 10.4. The van der Waals surface area contributed by atoms with Crippen molar-refractivity contribution in [3.63, 3.8) is 0 Å². The number of carbonyl (C=O) groups is 1. The molecule has 1 heterocycles. The summed E-state index contributed by atoms with van der Waals surface area (Å²) in [7, 11) is 0.